The van der Waals surface area contributed by atoms with Crippen molar-refractivity contribution in [2.75, 3.05) is 13.1 Å². The fourth-order valence-electron chi connectivity index (χ4n) is 1.67. The summed E-state index contributed by atoms with van der Waals surface area (Å²) in [5.41, 5.74) is 5.04. The molecule has 0 radical (unpaired) electrons. The summed E-state index contributed by atoms with van der Waals surface area (Å²) in [7, 11) is 0. The van der Waals surface area contributed by atoms with E-state index < -0.39 is 24.5 Å². The largest absolute Gasteiger partial charge is 0.409 e. The minimum Gasteiger partial charge on any atom is -0.409 e. The normalized spacial score (nSPS) is 14.4. The maximum atomic E-state index is 12.6. The molecular weight excluding hydrogens is 275 g/mol. The predicted octanol–water partition coefficient (Wildman–Crippen LogP) is 1.18. The fraction of sp³-hybridized carbons (Fsp3) is 0.636. The number of hydrogen-bond acceptors (Lipinski definition) is 4. The number of imidazole rings is 1. The average Bonchev–Trinajstić information content (AvgIpc) is 2.88. The number of oxime groups is 1. The highest BCUT2D eigenvalue weighted by molar-refractivity contribution is 5.83. The predicted molar refractivity (Wildman–Crippen MR) is 67.3 cm³/mol. The smallest absolute Gasteiger partial charge is 0.400 e. The zero-order valence-electron chi connectivity index (χ0n) is 10.8. The molecule has 20 heavy (non-hydrogen) atoms. The van der Waals surface area contributed by atoms with Crippen LogP contribution in [0.1, 0.15) is 12.8 Å². The summed E-state index contributed by atoms with van der Waals surface area (Å²) in [5.74, 6) is -2.80. The van der Waals surface area contributed by atoms with Gasteiger partial charge < -0.3 is 20.8 Å². The van der Waals surface area contributed by atoms with Crippen LogP contribution in [0.3, 0.4) is 0 Å². The van der Waals surface area contributed by atoms with E-state index in [-0.39, 0.29) is 0 Å². The lowest BCUT2D eigenvalue weighted by Crippen LogP contribution is -2.43. The van der Waals surface area contributed by atoms with Crippen LogP contribution in [-0.2, 0) is 6.54 Å². The molecule has 0 saturated carbocycles. The number of aromatic nitrogens is 2. The van der Waals surface area contributed by atoms with Crippen molar-refractivity contribution in [1.29, 1.82) is 0 Å². The number of rotatable bonds is 8. The SMILES string of the molecule is N/C(=N/O)C(CNCCCCn1ccnc1)C(F)(F)F. The average molecular weight is 293 g/mol. The number of halogens is 3. The third-order valence-electron chi connectivity index (χ3n) is 2.80. The molecule has 0 aliphatic carbocycles. The van der Waals surface area contributed by atoms with E-state index in [0.29, 0.717) is 6.54 Å². The molecule has 1 atom stereocenters. The second-order valence-corrected chi connectivity index (χ2v) is 4.33. The van der Waals surface area contributed by atoms with E-state index in [1.54, 1.807) is 12.5 Å². The Balaban J connectivity index is 2.21. The number of nitrogens with two attached hydrogens (primary N) is 1. The van der Waals surface area contributed by atoms with Crippen LogP contribution < -0.4 is 11.1 Å². The Morgan fingerprint density at radius 1 is 1.45 bits per heavy atom. The second kappa shape index (κ2) is 7.73. The lowest BCUT2D eigenvalue weighted by atomic mass is 10.1. The highest BCUT2D eigenvalue weighted by atomic mass is 19.4. The van der Waals surface area contributed by atoms with Gasteiger partial charge in [0.25, 0.3) is 0 Å². The molecule has 4 N–H and O–H groups in total. The first kappa shape index (κ1) is 16.3. The minimum atomic E-state index is -4.53. The summed E-state index contributed by atoms with van der Waals surface area (Å²) in [5, 5.41) is 13.4. The maximum absolute atomic E-state index is 12.6. The van der Waals surface area contributed by atoms with Gasteiger partial charge in [-0.05, 0) is 19.4 Å². The summed E-state index contributed by atoms with van der Waals surface area (Å²) in [6.07, 6.45) is 2.20. The third kappa shape index (κ3) is 5.47. The van der Waals surface area contributed by atoms with Crippen LogP contribution in [0.4, 0.5) is 13.2 Å². The molecule has 1 aromatic rings. The van der Waals surface area contributed by atoms with Crippen LogP contribution in [0.5, 0.6) is 0 Å². The van der Waals surface area contributed by atoms with Crippen molar-refractivity contribution in [3.05, 3.63) is 18.7 Å². The standard InChI is InChI=1S/C11H18F3N5O/c12-11(13,14)9(10(15)18-20)7-16-3-1-2-5-19-6-4-17-8-19/h4,6,8-9,16,20H,1-3,5,7H2,(H2,15,18). The van der Waals surface area contributed by atoms with E-state index in [2.05, 4.69) is 15.5 Å². The molecule has 1 aromatic heterocycles. The second-order valence-electron chi connectivity index (χ2n) is 4.33. The number of unbranched alkanes of at least 4 members (excludes halogenated alkanes) is 1. The number of nitrogens with zero attached hydrogens (tertiary/aromatic N) is 3. The molecule has 6 nitrogen and oxygen atoms in total. The summed E-state index contributed by atoms with van der Waals surface area (Å²) < 4.78 is 39.7. The van der Waals surface area contributed by atoms with Crippen LogP contribution in [-0.4, -0.2) is 39.9 Å². The maximum Gasteiger partial charge on any atom is 0.400 e. The Labute approximate surface area is 114 Å². The first-order valence-corrected chi connectivity index (χ1v) is 6.15. The molecule has 1 unspecified atom stereocenters. The summed E-state index contributed by atoms with van der Waals surface area (Å²) in [6, 6.07) is 0. The Hall–Kier alpha value is -1.77. The highest BCUT2D eigenvalue weighted by Gasteiger charge is 2.42. The summed E-state index contributed by atoms with van der Waals surface area (Å²) in [4.78, 5) is 3.89. The van der Waals surface area contributed by atoms with Gasteiger partial charge in [-0.1, -0.05) is 5.16 Å². The minimum absolute atomic E-state index is 0.398. The molecule has 114 valence electrons. The van der Waals surface area contributed by atoms with Gasteiger partial charge in [-0.25, -0.2) is 4.98 Å². The van der Waals surface area contributed by atoms with E-state index in [0.717, 1.165) is 19.4 Å². The molecule has 0 spiro atoms. The monoisotopic (exact) mass is 293 g/mol. The molecule has 0 bridgehead atoms. The van der Waals surface area contributed by atoms with Crippen LogP contribution in [0.25, 0.3) is 0 Å². The van der Waals surface area contributed by atoms with Gasteiger partial charge in [0, 0.05) is 25.5 Å². The van der Waals surface area contributed by atoms with Crippen molar-refractivity contribution in [2.24, 2.45) is 16.8 Å². The van der Waals surface area contributed by atoms with Crippen molar-refractivity contribution in [3.63, 3.8) is 0 Å². The molecule has 0 fully saturated rings. The number of alkyl halides is 3. The molecule has 1 heterocycles. The molecule has 0 aliphatic heterocycles. The Kier molecular flexibility index (Phi) is 6.29. The van der Waals surface area contributed by atoms with Gasteiger partial charge in [0.05, 0.1) is 6.33 Å². The van der Waals surface area contributed by atoms with Crippen molar-refractivity contribution >= 4 is 5.84 Å². The quantitative estimate of drug-likeness (QED) is 0.221. The van der Waals surface area contributed by atoms with Gasteiger partial charge in [-0.3, -0.25) is 0 Å². The molecular formula is C11H18F3N5O. The van der Waals surface area contributed by atoms with Crippen LogP contribution in [0.2, 0.25) is 0 Å². The molecule has 0 saturated heterocycles. The van der Waals surface area contributed by atoms with Crippen molar-refractivity contribution in [3.8, 4) is 0 Å². The van der Waals surface area contributed by atoms with Crippen molar-refractivity contribution in [2.45, 2.75) is 25.6 Å². The van der Waals surface area contributed by atoms with Crippen molar-refractivity contribution < 1.29 is 18.4 Å². The zero-order chi connectivity index (χ0) is 15.0. The third-order valence-corrected chi connectivity index (χ3v) is 2.80. The highest BCUT2D eigenvalue weighted by Crippen LogP contribution is 2.25. The van der Waals surface area contributed by atoms with E-state index in [1.807, 2.05) is 10.8 Å². The van der Waals surface area contributed by atoms with Gasteiger partial charge in [-0.2, -0.15) is 13.2 Å². The lowest BCUT2D eigenvalue weighted by Gasteiger charge is -2.19. The van der Waals surface area contributed by atoms with E-state index >= 15 is 0 Å². The summed E-state index contributed by atoms with van der Waals surface area (Å²) >= 11 is 0. The first-order valence-electron chi connectivity index (χ1n) is 6.15. The molecule has 1 rings (SSSR count). The lowest BCUT2D eigenvalue weighted by molar-refractivity contribution is -0.154. The Morgan fingerprint density at radius 2 is 2.20 bits per heavy atom. The Bertz CT molecular complexity index is 405. The van der Waals surface area contributed by atoms with Crippen LogP contribution in [0.15, 0.2) is 23.9 Å². The Morgan fingerprint density at radius 3 is 2.75 bits per heavy atom. The fourth-order valence-corrected chi connectivity index (χ4v) is 1.67. The molecule has 0 amide bonds. The van der Waals surface area contributed by atoms with Gasteiger partial charge >= 0.3 is 6.18 Å². The van der Waals surface area contributed by atoms with E-state index in [1.165, 1.54) is 0 Å². The number of amidine groups is 1. The van der Waals surface area contributed by atoms with Gasteiger partial charge in [-0.15, -0.1) is 0 Å². The molecule has 0 aliphatic rings. The van der Waals surface area contributed by atoms with Crippen LogP contribution >= 0.6 is 0 Å². The van der Waals surface area contributed by atoms with E-state index in [4.69, 9.17) is 10.9 Å². The van der Waals surface area contributed by atoms with Gasteiger partial charge in [0.2, 0.25) is 0 Å². The molecule has 9 heteroatoms. The van der Waals surface area contributed by atoms with Crippen LogP contribution in [0, 0.1) is 5.92 Å². The van der Waals surface area contributed by atoms with Gasteiger partial charge in [0.1, 0.15) is 5.92 Å². The summed E-state index contributed by atoms with van der Waals surface area (Å²) in [6.45, 7) is 0.801. The molecule has 0 aromatic carbocycles. The first-order chi connectivity index (χ1) is 9.45. The number of aryl methyl sites for hydroxylation is 1. The topological polar surface area (TPSA) is 88.5 Å². The zero-order valence-corrected chi connectivity index (χ0v) is 10.8. The van der Waals surface area contributed by atoms with E-state index in [9.17, 15) is 13.2 Å². The number of hydrogen-bond donors (Lipinski definition) is 3. The number of nitrogens with one attached hydrogen (secondary N) is 1. The van der Waals surface area contributed by atoms with Gasteiger partial charge in [0.15, 0.2) is 5.84 Å². The van der Waals surface area contributed by atoms with Crippen molar-refractivity contribution in [1.82, 2.24) is 14.9 Å².